The molecule has 0 saturated carbocycles. The number of ketones is 1. The van der Waals surface area contributed by atoms with Crippen molar-refractivity contribution in [2.24, 2.45) is 0 Å². The summed E-state index contributed by atoms with van der Waals surface area (Å²) in [7, 11) is 0. The molecule has 3 nitrogen and oxygen atoms in total. The van der Waals surface area contributed by atoms with Crippen LogP contribution in [0.15, 0.2) is 90.7 Å². The van der Waals surface area contributed by atoms with Crippen LogP contribution >= 0.6 is 0 Å². The van der Waals surface area contributed by atoms with Crippen molar-refractivity contribution >= 4 is 16.7 Å². The van der Waals surface area contributed by atoms with Gasteiger partial charge in [0.15, 0.2) is 5.78 Å². The van der Waals surface area contributed by atoms with Crippen molar-refractivity contribution in [1.29, 1.82) is 0 Å². The minimum absolute atomic E-state index is 0. The van der Waals surface area contributed by atoms with Crippen LogP contribution in [0.3, 0.4) is 0 Å². The average Bonchev–Trinajstić information content (AvgIpc) is 2.73. The van der Waals surface area contributed by atoms with E-state index in [9.17, 15) is 4.79 Å². The molecule has 1 heterocycles. The van der Waals surface area contributed by atoms with Gasteiger partial charge in [-0.1, -0.05) is 71.3 Å². The van der Waals surface area contributed by atoms with Gasteiger partial charge in [0.25, 0.3) is 0 Å². The Hall–Kier alpha value is -3.07. The van der Waals surface area contributed by atoms with Crippen LogP contribution in [0.2, 0.25) is 0 Å². The number of aliphatic hydroxyl groups is 1. The molecule has 0 atom stereocenters. The molecule has 4 rings (SSSR count). The quantitative estimate of drug-likeness (QED) is 0.165. The largest absolute Gasteiger partial charge is 0.512 e. The number of aryl methyl sites for hydroxylation is 1. The molecule has 4 heteroatoms. The van der Waals surface area contributed by atoms with Crippen LogP contribution in [0.1, 0.15) is 19.4 Å². The van der Waals surface area contributed by atoms with E-state index in [4.69, 9.17) is 10.1 Å². The van der Waals surface area contributed by atoms with Crippen molar-refractivity contribution in [3.8, 4) is 22.4 Å². The smallest absolute Gasteiger partial charge is 0.155 e. The Labute approximate surface area is 196 Å². The van der Waals surface area contributed by atoms with Gasteiger partial charge in [0.2, 0.25) is 0 Å². The number of benzene rings is 3. The Balaban J connectivity index is 0.000000373. The van der Waals surface area contributed by atoms with E-state index in [-0.39, 0.29) is 31.6 Å². The molecule has 1 aromatic heterocycles. The summed E-state index contributed by atoms with van der Waals surface area (Å²) in [6.45, 7) is 4.95. The molecule has 31 heavy (non-hydrogen) atoms. The van der Waals surface area contributed by atoms with Crippen LogP contribution in [0.25, 0.3) is 33.3 Å². The first-order chi connectivity index (χ1) is 14.4. The molecule has 0 amide bonds. The van der Waals surface area contributed by atoms with Gasteiger partial charge < -0.3 is 5.11 Å². The summed E-state index contributed by atoms with van der Waals surface area (Å²) in [5.74, 6) is -0.0625. The Morgan fingerprint density at radius 2 is 1.61 bits per heavy atom. The molecule has 1 radical (unpaired) electrons. The van der Waals surface area contributed by atoms with Crippen molar-refractivity contribution in [2.45, 2.75) is 20.8 Å². The molecule has 0 aliphatic carbocycles. The second-order valence-corrected chi connectivity index (χ2v) is 7.10. The first-order valence-corrected chi connectivity index (χ1v) is 9.76. The van der Waals surface area contributed by atoms with E-state index in [1.54, 1.807) is 0 Å². The number of nitrogens with zero attached hydrogens (tertiary/aromatic N) is 1. The predicted octanol–water partition coefficient (Wildman–Crippen LogP) is 6.71. The summed E-state index contributed by atoms with van der Waals surface area (Å²) in [4.78, 5) is 14.8. The topological polar surface area (TPSA) is 50.2 Å². The van der Waals surface area contributed by atoms with Gasteiger partial charge in [-0.05, 0) is 37.9 Å². The summed E-state index contributed by atoms with van der Waals surface area (Å²) in [5.41, 5.74) is 6.61. The summed E-state index contributed by atoms with van der Waals surface area (Å²) in [5, 5.41) is 9.54. The molecule has 0 saturated heterocycles. The van der Waals surface area contributed by atoms with Crippen LogP contribution < -0.4 is 0 Å². The standard InChI is InChI=1S/C22H16N.C5H8O2.Ir/c1-16-15-20-9-5-6-10-21(20)23-22(16)19-13-11-18(12-14-19)17-7-3-2-4-8-17;1-4(6)3-5(2)7;/h2-13,15H,1H3;3,6H,1-2H3;/q-1;;/b;4-3-;. The number of rotatable bonds is 3. The van der Waals surface area contributed by atoms with Gasteiger partial charge >= 0.3 is 0 Å². The molecule has 0 fully saturated rings. The summed E-state index contributed by atoms with van der Waals surface area (Å²) in [6, 6.07) is 30.5. The molecule has 3 aromatic carbocycles. The van der Waals surface area contributed by atoms with Gasteiger partial charge in [0.05, 0.1) is 11.3 Å². The van der Waals surface area contributed by atoms with Crippen LogP contribution in [-0.4, -0.2) is 15.9 Å². The normalized spacial score (nSPS) is 10.6. The maximum atomic E-state index is 10.0. The number of carbonyl (C=O) groups is 1. The molecule has 0 bridgehead atoms. The van der Waals surface area contributed by atoms with E-state index in [0.717, 1.165) is 16.8 Å². The zero-order valence-corrected chi connectivity index (χ0v) is 20.1. The monoisotopic (exact) mass is 587 g/mol. The van der Waals surface area contributed by atoms with Crippen molar-refractivity contribution in [2.75, 3.05) is 0 Å². The van der Waals surface area contributed by atoms with E-state index < -0.39 is 0 Å². The number of pyridine rings is 1. The Morgan fingerprint density at radius 3 is 2.19 bits per heavy atom. The third-order valence-corrected chi connectivity index (χ3v) is 4.50. The fourth-order valence-electron chi connectivity index (χ4n) is 3.17. The van der Waals surface area contributed by atoms with Crippen LogP contribution in [0.5, 0.6) is 0 Å². The van der Waals surface area contributed by atoms with E-state index in [2.05, 4.69) is 67.6 Å². The molecule has 0 aliphatic rings. The van der Waals surface area contributed by atoms with E-state index in [0.29, 0.717) is 0 Å². The van der Waals surface area contributed by atoms with Crippen LogP contribution in [0, 0.1) is 13.0 Å². The molecule has 0 unspecified atom stereocenters. The Morgan fingerprint density at radius 1 is 0.935 bits per heavy atom. The third-order valence-electron chi connectivity index (χ3n) is 4.50. The third kappa shape index (κ3) is 6.71. The number of hydrogen-bond acceptors (Lipinski definition) is 3. The number of para-hydroxylation sites is 1. The molecular formula is C27H24IrNO2-. The first-order valence-electron chi connectivity index (χ1n) is 9.76. The zero-order chi connectivity index (χ0) is 21.5. The van der Waals surface area contributed by atoms with Crippen molar-refractivity contribution in [3.05, 3.63) is 102 Å². The van der Waals surface area contributed by atoms with Gasteiger partial charge in [-0.3, -0.25) is 9.78 Å². The predicted molar refractivity (Wildman–Crippen MR) is 123 cm³/mol. The van der Waals surface area contributed by atoms with Gasteiger partial charge in [0.1, 0.15) is 0 Å². The molecule has 159 valence electrons. The maximum absolute atomic E-state index is 10.0. The van der Waals surface area contributed by atoms with Gasteiger partial charge in [-0.15, -0.1) is 29.8 Å². The minimum Gasteiger partial charge on any atom is -0.512 e. The summed E-state index contributed by atoms with van der Waals surface area (Å²) < 4.78 is 0. The maximum Gasteiger partial charge on any atom is 0.155 e. The number of aromatic nitrogens is 1. The van der Waals surface area contributed by atoms with Crippen LogP contribution in [0.4, 0.5) is 0 Å². The SMILES string of the molecule is CC(=O)/C=C(/C)O.Cc1cc2ccccc2nc1-c1[c-]cc(-c2ccccc2)cc1.[Ir]. The summed E-state index contributed by atoms with van der Waals surface area (Å²) >= 11 is 0. The molecule has 4 aromatic rings. The van der Waals surface area contributed by atoms with Crippen molar-refractivity contribution < 1.29 is 30.0 Å². The van der Waals surface area contributed by atoms with Gasteiger partial charge in [-0.25, -0.2) is 0 Å². The second-order valence-electron chi connectivity index (χ2n) is 7.10. The number of aliphatic hydroxyl groups excluding tert-OH is 1. The second kappa shape index (κ2) is 11.4. The number of hydrogen-bond donors (Lipinski definition) is 1. The molecule has 1 N–H and O–H groups in total. The van der Waals surface area contributed by atoms with Crippen LogP contribution in [-0.2, 0) is 24.9 Å². The number of carbonyl (C=O) groups excluding carboxylic acids is 1. The fourth-order valence-corrected chi connectivity index (χ4v) is 3.17. The van der Waals surface area contributed by atoms with E-state index in [1.165, 1.54) is 42.0 Å². The molecular weight excluding hydrogens is 563 g/mol. The molecule has 0 aliphatic heterocycles. The Kier molecular flexibility index (Phi) is 8.87. The van der Waals surface area contributed by atoms with E-state index >= 15 is 0 Å². The molecule has 0 spiro atoms. The number of allylic oxidation sites excluding steroid dienone is 2. The zero-order valence-electron chi connectivity index (χ0n) is 17.7. The first kappa shape index (κ1) is 24.2. The minimum atomic E-state index is -0.125. The van der Waals surface area contributed by atoms with Gasteiger partial charge in [0, 0.05) is 26.2 Å². The average molecular weight is 587 g/mol. The Bertz CT molecular complexity index is 1180. The van der Waals surface area contributed by atoms with Crippen molar-refractivity contribution in [1.82, 2.24) is 4.98 Å². The van der Waals surface area contributed by atoms with Crippen molar-refractivity contribution in [3.63, 3.8) is 0 Å². The number of fused-ring (bicyclic) bond motifs is 1. The van der Waals surface area contributed by atoms with E-state index in [1.807, 2.05) is 24.3 Å². The summed E-state index contributed by atoms with van der Waals surface area (Å²) in [6.07, 6.45) is 1.17. The van der Waals surface area contributed by atoms with Gasteiger partial charge in [-0.2, -0.15) is 0 Å². The fraction of sp³-hybridized carbons (Fsp3) is 0.111.